The molecule has 0 aliphatic heterocycles. The third kappa shape index (κ3) is 3.13. The zero-order valence-corrected chi connectivity index (χ0v) is 14.4. The smallest absolute Gasteiger partial charge is 0.271 e. The summed E-state index contributed by atoms with van der Waals surface area (Å²) >= 11 is 1.40. The number of ether oxygens (including phenoxy) is 1. The van der Waals surface area contributed by atoms with E-state index in [4.69, 9.17) is 4.74 Å². The largest absolute Gasteiger partial charge is 0.496 e. The number of methoxy groups -OCH3 is 1. The van der Waals surface area contributed by atoms with Gasteiger partial charge in [-0.25, -0.2) is 4.98 Å². The molecule has 8 heteroatoms. The predicted octanol–water partition coefficient (Wildman–Crippen LogP) is 2.44. The van der Waals surface area contributed by atoms with Gasteiger partial charge in [-0.2, -0.15) is 0 Å². The molecular formula is C16H17N5O2S. The Kier molecular flexibility index (Phi) is 4.57. The van der Waals surface area contributed by atoms with Crippen LogP contribution in [0.4, 0.5) is 0 Å². The van der Waals surface area contributed by atoms with E-state index < -0.39 is 0 Å². The van der Waals surface area contributed by atoms with Gasteiger partial charge in [-0.3, -0.25) is 4.79 Å². The normalized spacial score (nSPS) is 12.0. The van der Waals surface area contributed by atoms with E-state index in [0.29, 0.717) is 11.5 Å². The number of aryl methyl sites for hydroxylation is 1. The van der Waals surface area contributed by atoms with Crippen molar-refractivity contribution in [2.24, 2.45) is 7.05 Å². The lowest BCUT2D eigenvalue weighted by Crippen LogP contribution is -2.28. The molecule has 7 nitrogen and oxygen atoms in total. The number of amides is 1. The molecular weight excluding hydrogens is 326 g/mol. The molecule has 124 valence electrons. The van der Waals surface area contributed by atoms with E-state index in [2.05, 4.69) is 20.5 Å². The van der Waals surface area contributed by atoms with Gasteiger partial charge >= 0.3 is 0 Å². The van der Waals surface area contributed by atoms with E-state index in [9.17, 15) is 4.79 Å². The maximum absolute atomic E-state index is 12.4. The number of nitrogens with one attached hydrogen (secondary N) is 1. The lowest BCUT2D eigenvalue weighted by atomic mass is 10.2. The van der Waals surface area contributed by atoms with Crippen molar-refractivity contribution >= 4 is 17.2 Å². The first kappa shape index (κ1) is 16.1. The lowest BCUT2D eigenvalue weighted by Gasteiger charge is -2.11. The second-order valence-corrected chi connectivity index (χ2v) is 6.09. The molecule has 3 aromatic rings. The van der Waals surface area contributed by atoms with E-state index in [1.165, 1.54) is 11.3 Å². The van der Waals surface area contributed by atoms with Crippen LogP contribution in [0.2, 0.25) is 0 Å². The van der Waals surface area contributed by atoms with Crippen LogP contribution < -0.4 is 10.1 Å². The SMILES string of the molecule is COc1ccccc1-c1nc(C(=O)NC(C)c2nncn2C)cs1. The molecule has 0 aliphatic carbocycles. The Morgan fingerprint density at radius 3 is 2.88 bits per heavy atom. The standard InChI is InChI=1S/C16H17N5O2S/c1-10(14-20-17-9-21(14)2)18-15(22)12-8-24-16(19-12)11-6-4-5-7-13(11)23-3/h4-10H,1-3H3,(H,18,22). The number of benzene rings is 1. The van der Waals surface area contributed by atoms with Gasteiger partial charge in [0.1, 0.15) is 22.8 Å². The summed E-state index contributed by atoms with van der Waals surface area (Å²) in [5.41, 5.74) is 1.24. The fourth-order valence-corrected chi connectivity index (χ4v) is 3.17. The van der Waals surface area contributed by atoms with Crippen LogP contribution in [0.1, 0.15) is 29.3 Å². The molecule has 1 aromatic carbocycles. The third-order valence-electron chi connectivity index (χ3n) is 3.56. The van der Waals surface area contributed by atoms with Gasteiger partial charge in [0.25, 0.3) is 5.91 Å². The molecule has 1 N–H and O–H groups in total. The third-order valence-corrected chi connectivity index (χ3v) is 4.43. The Hall–Kier alpha value is -2.74. The highest BCUT2D eigenvalue weighted by molar-refractivity contribution is 7.13. The first-order chi connectivity index (χ1) is 11.6. The summed E-state index contributed by atoms with van der Waals surface area (Å²) in [6.07, 6.45) is 1.60. The number of carbonyl (C=O) groups excluding carboxylic acids is 1. The van der Waals surface area contributed by atoms with Crippen LogP contribution in [0.25, 0.3) is 10.6 Å². The molecule has 0 spiro atoms. The topological polar surface area (TPSA) is 81.9 Å². The number of rotatable bonds is 5. The van der Waals surface area contributed by atoms with Gasteiger partial charge in [-0.1, -0.05) is 12.1 Å². The summed E-state index contributed by atoms with van der Waals surface area (Å²) < 4.78 is 7.11. The average molecular weight is 343 g/mol. The van der Waals surface area contributed by atoms with Crippen molar-refractivity contribution in [1.82, 2.24) is 25.1 Å². The number of carbonyl (C=O) groups is 1. The van der Waals surface area contributed by atoms with Crippen LogP contribution in [0.3, 0.4) is 0 Å². The van der Waals surface area contributed by atoms with Gasteiger partial charge in [0.15, 0.2) is 5.82 Å². The molecule has 1 unspecified atom stereocenters. The molecule has 2 aromatic heterocycles. The summed E-state index contributed by atoms with van der Waals surface area (Å²) in [5.74, 6) is 1.16. The monoisotopic (exact) mass is 343 g/mol. The Morgan fingerprint density at radius 2 is 2.17 bits per heavy atom. The van der Waals surface area contributed by atoms with Gasteiger partial charge in [-0.05, 0) is 19.1 Å². The second-order valence-electron chi connectivity index (χ2n) is 5.23. The minimum Gasteiger partial charge on any atom is -0.496 e. The molecule has 24 heavy (non-hydrogen) atoms. The number of aromatic nitrogens is 4. The van der Waals surface area contributed by atoms with Crippen LogP contribution in [0.5, 0.6) is 5.75 Å². The molecule has 0 bridgehead atoms. The van der Waals surface area contributed by atoms with Crippen molar-refractivity contribution in [3.05, 3.63) is 47.5 Å². The molecule has 1 atom stereocenters. The minimum atomic E-state index is -0.263. The number of hydrogen-bond acceptors (Lipinski definition) is 6. The molecule has 0 aliphatic rings. The molecule has 2 heterocycles. The van der Waals surface area contributed by atoms with E-state index in [1.807, 2.05) is 38.2 Å². The van der Waals surface area contributed by atoms with Crippen molar-refractivity contribution < 1.29 is 9.53 Å². The van der Waals surface area contributed by atoms with Gasteiger partial charge in [-0.15, -0.1) is 21.5 Å². The fourth-order valence-electron chi connectivity index (χ4n) is 2.34. The number of nitrogens with zero attached hydrogens (tertiary/aromatic N) is 4. The highest BCUT2D eigenvalue weighted by Crippen LogP contribution is 2.31. The van der Waals surface area contributed by atoms with Crippen molar-refractivity contribution in [2.45, 2.75) is 13.0 Å². The van der Waals surface area contributed by atoms with Crippen LogP contribution in [-0.2, 0) is 7.05 Å². The van der Waals surface area contributed by atoms with Crippen molar-refractivity contribution in [2.75, 3.05) is 7.11 Å². The van der Waals surface area contributed by atoms with Crippen LogP contribution in [0.15, 0.2) is 36.0 Å². The van der Waals surface area contributed by atoms with E-state index in [-0.39, 0.29) is 11.9 Å². The van der Waals surface area contributed by atoms with Crippen LogP contribution in [-0.4, -0.2) is 32.8 Å². The fraction of sp³-hybridized carbons (Fsp3) is 0.250. The molecule has 0 radical (unpaired) electrons. The predicted molar refractivity (Wildman–Crippen MR) is 91.0 cm³/mol. The van der Waals surface area contributed by atoms with E-state index >= 15 is 0 Å². The van der Waals surface area contributed by atoms with Crippen molar-refractivity contribution in [1.29, 1.82) is 0 Å². The zero-order chi connectivity index (χ0) is 17.1. The summed E-state index contributed by atoms with van der Waals surface area (Å²) in [6.45, 7) is 1.86. The van der Waals surface area contributed by atoms with Gasteiger partial charge in [0.2, 0.25) is 0 Å². The summed E-state index contributed by atoms with van der Waals surface area (Å²) in [7, 11) is 3.45. The average Bonchev–Trinajstić information content (AvgIpc) is 3.23. The Labute approximate surface area is 143 Å². The van der Waals surface area contributed by atoms with Crippen molar-refractivity contribution in [3.8, 4) is 16.3 Å². The number of thiazole rings is 1. The molecule has 1 amide bonds. The van der Waals surface area contributed by atoms with Gasteiger partial charge in [0.05, 0.1) is 18.7 Å². The lowest BCUT2D eigenvalue weighted by molar-refractivity contribution is 0.0933. The molecule has 0 fully saturated rings. The molecule has 3 rings (SSSR count). The van der Waals surface area contributed by atoms with E-state index in [0.717, 1.165) is 16.3 Å². The minimum absolute atomic E-state index is 0.247. The first-order valence-corrected chi connectivity index (χ1v) is 8.21. The maximum Gasteiger partial charge on any atom is 0.271 e. The highest BCUT2D eigenvalue weighted by atomic mass is 32.1. The molecule has 0 saturated heterocycles. The zero-order valence-electron chi connectivity index (χ0n) is 13.6. The first-order valence-electron chi connectivity index (χ1n) is 7.34. The highest BCUT2D eigenvalue weighted by Gasteiger charge is 2.18. The van der Waals surface area contributed by atoms with E-state index in [1.54, 1.807) is 23.4 Å². The summed E-state index contributed by atoms with van der Waals surface area (Å²) in [4.78, 5) is 16.8. The Bertz CT molecular complexity index is 858. The number of hydrogen-bond donors (Lipinski definition) is 1. The summed E-state index contributed by atoms with van der Waals surface area (Å²) in [5, 5.41) is 13.2. The Balaban J connectivity index is 1.78. The van der Waals surface area contributed by atoms with Gasteiger partial charge in [0, 0.05) is 12.4 Å². The maximum atomic E-state index is 12.4. The quantitative estimate of drug-likeness (QED) is 0.769. The number of para-hydroxylation sites is 1. The summed E-state index contributed by atoms with van der Waals surface area (Å²) in [6, 6.07) is 7.33. The van der Waals surface area contributed by atoms with Crippen LogP contribution in [0, 0.1) is 0 Å². The molecule has 0 saturated carbocycles. The Morgan fingerprint density at radius 1 is 1.38 bits per heavy atom. The van der Waals surface area contributed by atoms with Gasteiger partial charge < -0.3 is 14.6 Å². The van der Waals surface area contributed by atoms with Crippen LogP contribution >= 0.6 is 11.3 Å². The second kappa shape index (κ2) is 6.79. The van der Waals surface area contributed by atoms with Crippen molar-refractivity contribution in [3.63, 3.8) is 0 Å².